The molecule has 1 fully saturated rings. The van der Waals surface area contributed by atoms with E-state index in [2.05, 4.69) is 0 Å². The van der Waals surface area contributed by atoms with E-state index in [4.69, 9.17) is 26.5 Å². The summed E-state index contributed by atoms with van der Waals surface area (Å²) in [6, 6.07) is 27.3. The van der Waals surface area contributed by atoms with Crippen LogP contribution in [0, 0.1) is 5.82 Å². The molecule has 9 heteroatoms. The quantitative estimate of drug-likeness (QED) is 0.145. The molecule has 1 aliphatic heterocycles. The van der Waals surface area contributed by atoms with Crippen molar-refractivity contribution in [3.8, 4) is 22.7 Å². The molecular formula is C31H22FN3O3S2. The molecule has 1 amide bonds. The van der Waals surface area contributed by atoms with E-state index in [-0.39, 0.29) is 24.9 Å². The number of aromatic nitrogens is 2. The number of hydrogen-bond acceptors (Lipinski definition) is 6. The van der Waals surface area contributed by atoms with Crippen LogP contribution in [0.4, 0.5) is 4.39 Å². The normalized spacial score (nSPS) is 14.3. The minimum atomic E-state index is -0.313. The van der Waals surface area contributed by atoms with Gasteiger partial charge in [0, 0.05) is 22.9 Å². The molecule has 6 nitrogen and oxygen atoms in total. The lowest BCUT2D eigenvalue weighted by molar-refractivity contribution is -0.122. The molecule has 0 spiro atoms. The predicted molar refractivity (Wildman–Crippen MR) is 157 cm³/mol. The van der Waals surface area contributed by atoms with Crippen LogP contribution >= 0.6 is 24.0 Å². The van der Waals surface area contributed by atoms with Crippen LogP contribution in [0.25, 0.3) is 23.0 Å². The summed E-state index contributed by atoms with van der Waals surface area (Å²) in [6.45, 7) is 0.367. The second-order valence-electron chi connectivity index (χ2n) is 8.97. The first-order chi connectivity index (χ1) is 19.5. The molecule has 0 radical (unpaired) electrons. The maximum Gasteiger partial charge on any atom is 0.266 e. The highest BCUT2D eigenvalue weighted by Crippen LogP contribution is 2.36. The molecule has 0 saturated carbocycles. The van der Waals surface area contributed by atoms with Gasteiger partial charge in [0.1, 0.15) is 33.9 Å². The zero-order chi connectivity index (χ0) is 27.5. The molecule has 1 aliphatic rings. The van der Waals surface area contributed by atoms with Crippen LogP contribution in [0.5, 0.6) is 5.75 Å². The largest absolute Gasteiger partial charge is 0.489 e. The summed E-state index contributed by atoms with van der Waals surface area (Å²) < 4.78 is 27.7. The average molecular weight is 568 g/mol. The minimum absolute atomic E-state index is 0.0968. The molecule has 0 bridgehead atoms. The first-order valence-corrected chi connectivity index (χ1v) is 13.7. The Balaban J connectivity index is 1.33. The van der Waals surface area contributed by atoms with E-state index in [1.807, 2.05) is 72.9 Å². The van der Waals surface area contributed by atoms with Gasteiger partial charge in [0.2, 0.25) is 0 Å². The number of halogens is 1. The summed E-state index contributed by atoms with van der Waals surface area (Å²) in [6.07, 6.45) is 5.27. The van der Waals surface area contributed by atoms with Gasteiger partial charge in [-0.1, -0.05) is 72.5 Å². The molecule has 0 unspecified atom stereocenters. The number of thiocarbonyl (C=S) groups is 1. The molecule has 40 heavy (non-hydrogen) atoms. The van der Waals surface area contributed by atoms with Crippen LogP contribution < -0.4 is 4.74 Å². The number of para-hydroxylation sites is 1. The lowest BCUT2D eigenvalue weighted by Crippen LogP contribution is -2.27. The Labute approximate surface area is 239 Å². The second kappa shape index (κ2) is 11.3. The summed E-state index contributed by atoms with van der Waals surface area (Å²) in [4.78, 5) is 15.3. The third-order valence-electron chi connectivity index (χ3n) is 6.28. The van der Waals surface area contributed by atoms with Gasteiger partial charge in [-0.05, 0) is 48.5 Å². The Morgan fingerprint density at radius 3 is 2.62 bits per heavy atom. The molecule has 6 rings (SSSR count). The predicted octanol–water partition coefficient (Wildman–Crippen LogP) is 7.25. The summed E-state index contributed by atoms with van der Waals surface area (Å²) in [7, 11) is 0. The standard InChI is InChI=1S/C31H22FN3O3S2/c32-27-14-5-4-8-22(27)20-38-25-12-6-9-21(16-25)29-23(18-35(33-29)24-10-2-1-3-11-24)17-28-30(36)34(31(39)40-28)19-26-13-7-15-37-26/h1-18H,19-20H2. The van der Waals surface area contributed by atoms with Crippen LogP contribution in [-0.2, 0) is 17.9 Å². The van der Waals surface area contributed by atoms with Crippen molar-refractivity contribution in [3.05, 3.63) is 131 Å². The van der Waals surface area contributed by atoms with Gasteiger partial charge in [-0.25, -0.2) is 9.07 Å². The monoisotopic (exact) mass is 567 g/mol. The Morgan fingerprint density at radius 1 is 1.00 bits per heavy atom. The third kappa shape index (κ3) is 5.47. The Kier molecular flexibility index (Phi) is 7.31. The van der Waals surface area contributed by atoms with Crippen molar-refractivity contribution < 1.29 is 18.3 Å². The van der Waals surface area contributed by atoms with Gasteiger partial charge in [-0.2, -0.15) is 5.10 Å². The smallest absolute Gasteiger partial charge is 0.266 e. The van der Waals surface area contributed by atoms with Gasteiger partial charge < -0.3 is 9.15 Å². The number of carbonyl (C=O) groups is 1. The highest BCUT2D eigenvalue weighted by atomic mass is 32.2. The summed E-state index contributed by atoms with van der Waals surface area (Å²) in [5.41, 5.74) is 3.54. The van der Waals surface area contributed by atoms with Crippen molar-refractivity contribution in [2.24, 2.45) is 0 Å². The van der Waals surface area contributed by atoms with Gasteiger partial charge in [-0.15, -0.1) is 0 Å². The van der Waals surface area contributed by atoms with E-state index in [1.165, 1.54) is 22.7 Å². The van der Waals surface area contributed by atoms with Gasteiger partial charge >= 0.3 is 0 Å². The maximum absolute atomic E-state index is 14.1. The van der Waals surface area contributed by atoms with Crippen molar-refractivity contribution in [2.75, 3.05) is 0 Å². The minimum Gasteiger partial charge on any atom is -0.489 e. The van der Waals surface area contributed by atoms with Crippen molar-refractivity contribution in [1.29, 1.82) is 0 Å². The fourth-order valence-electron chi connectivity index (χ4n) is 4.28. The van der Waals surface area contributed by atoms with Gasteiger partial charge in [0.15, 0.2) is 0 Å². The lowest BCUT2D eigenvalue weighted by Gasteiger charge is -2.11. The summed E-state index contributed by atoms with van der Waals surface area (Å²) in [5, 5.41) is 4.86. The van der Waals surface area contributed by atoms with Gasteiger partial charge in [0.25, 0.3) is 5.91 Å². The van der Waals surface area contributed by atoms with Crippen LogP contribution in [-0.4, -0.2) is 24.9 Å². The molecule has 3 heterocycles. The molecule has 0 aliphatic carbocycles. The number of thioether (sulfide) groups is 1. The first kappa shape index (κ1) is 25.8. The number of amides is 1. The molecule has 0 N–H and O–H groups in total. The van der Waals surface area contributed by atoms with Crippen LogP contribution in [0.1, 0.15) is 16.9 Å². The number of hydrogen-bond donors (Lipinski definition) is 0. The molecule has 3 aromatic carbocycles. The SMILES string of the molecule is O=C1C(=Cc2cn(-c3ccccc3)nc2-c2cccc(OCc3ccccc3F)c2)SC(=S)N1Cc1ccco1. The molecule has 198 valence electrons. The van der Waals surface area contributed by atoms with E-state index in [0.29, 0.717) is 32.0 Å². The maximum atomic E-state index is 14.1. The molecule has 5 aromatic rings. The average Bonchev–Trinajstić information content (AvgIpc) is 3.71. The number of ether oxygens (including phenoxy) is 1. The lowest BCUT2D eigenvalue weighted by atomic mass is 10.1. The molecular weight excluding hydrogens is 545 g/mol. The molecule has 0 atom stereocenters. The third-order valence-corrected chi connectivity index (χ3v) is 7.65. The van der Waals surface area contributed by atoms with Crippen LogP contribution in [0.15, 0.2) is 113 Å². The first-order valence-electron chi connectivity index (χ1n) is 12.4. The number of benzene rings is 3. The molecule has 1 saturated heterocycles. The summed E-state index contributed by atoms with van der Waals surface area (Å²) in [5.74, 6) is 0.728. The van der Waals surface area contributed by atoms with E-state index in [1.54, 1.807) is 35.2 Å². The van der Waals surface area contributed by atoms with Crippen LogP contribution in [0.3, 0.4) is 0 Å². The fraction of sp³-hybridized carbons (Fsp3) is 0.0645. The van der Waals surface area contributed by atoms with Crippen molar-refractivity contribution in [2.45, 2.75) is 13.2 Å². The van der Waals surface area contributed by atoms with E-state index < -0.39 is 0 Å². The van der Waals surface area contributed by atoms with Crippen molar-refractivity contribution in [1.82, 2.24) is 14.7 Å². The number of rotatable bonds is 8. The zero-order valence-corrected chi connectivity index (χ0v) is 22.7. The highest BCUT2D eigenvalue weighted by Gasteiger charge is 2.33. The summed E-state index contributed by atoms with van der Waals surface area (Å²) >= 11 is 6.76. The van der Waals surface area contributed by atoms with Gasteiger partial charge in [-0.3, -0.25) is 9.69 Å². The topological polar surface area (TPSA) is 60.5 Å². The number of nitrogens with zero attached hydrogens (tertiary/aromatic N) is 3. The Bertz CT molecular complexity index is 1710. The van der Waals surface area contributed by atoms with E-state index >= 15 is 0 Å². The van der Waals surface area contributed by atoms with Crippen molar-refractivity contribution >= 4 is 40.3 Å². The van der Waals surface area contributed by atoms with Crippen LogP contribution in [0.2, 0.25) is 0 Å². The number of carbonyl (C=O) groups excluding carboxylic acids is 1. The Hall–Kier alpha value is -4.47. The van der Waals surface area contributed by atoms with E-state index in [9.17, 15) is 9.18 Å². The second-order valence-corrected chi connectivity index (χ2v) is 10.6. The van der Waals surface area contributed by atoms with Crippen molar-refractivity contribution in [3.63, 3.8) is 0 Å². The molecule has 2 aromatic heterocycles. The highest BCUT2D eigenvalue weighted by molar-refractivity contribution is 8.26. The van der Waals surface area contributed by atoms with E-state index in [0.717, 1.165) is 16.8 Å². The number of furan rings is 1. The van der Waals surface area contributed by atoms with Gasteiger partial charge in [0.05, 0.1) is 23.4 Å². The zero-order valence-electron chi connectivity index (χ0n) is 21.1. The fourth-order valence-corrected chi connectivity index (χ4v) is 5.52. The Morgan fingerprint density at radius 2 is 1.82 bits per heavy atom.